The van der Waals surface area contributed by atoms with Crippen LogP contribution in [0.5, 0.6) is 0 Å². The van der Waals surface area contributed by atoms with Gasteiger partial charge in [-0.15, -0.1) is 0 Å². The molecule has 3 aromatic heterocycles. The highest BCUT2D eigenvalue weighted by Gasteiger charge is 2.26. The molecule has 0 saturated carbocycles. The van der Waals surface area contributed by atoms with Gasteiger partial charge < -0.3 is 5.11 Å². The number of hydrogen-bond donors (Lipinski definition) is 1. The van der Waals surface area contributed by atoms with Crippen LogP contribution >= 0.6 is 0 Å². The maximum Gasteiger partial charge on any atom is 0.363 e. The van der Waals surface area contributed by atoms with E-state index in [1.54, 1.807) is 7.05 Å². The molecule has 0 spiro atoms. The molecule has 0 radical (unpaired) electrons. The average molecular weight is 289 g/mol. The van der Waals surface area contributed by atoms with Gasteiger partial charge in [0.25, 0.3) is 0 Å². The van der Waals surface area contributed by atoms with Crippen molar-refractivity contribution in [2.75, 3.05) is 0 Å². The molecule has 3 aromatic rings. The van der Waals surface area contributed by atoms with Crippen LogP contribution in [0.3, 0.4) is 0 Å². The van der Waals surface area contributed by atoms with Gasteiger partial charge in [-0.2, -0.15) is 10.2 Å². The minimum Gasteiger partial charge on any atom is -0.476 e. The second-order valence-electron chi connectivity index (χ2n) is 4.07. The van der Waals surface area contributed by atoms with Crippen LogP contribution in [0.25, 0.3) is 16.9 Å². The number of nitrogens with zero attached hydrogens (tertiary/aromatic N) is 7. The summed E-state index contributed by atoms with van der Waals surface area (Å²) in [5, 5.41) is 28.0. The van der Waals surface area contributed by atoms with Crippen molar-refractivity contribution in [3.8, 4) is 5.82 Å². The highest BCUT2D eigenvalue weighted by Crippen LogP contribution is 2.22. The lowest BCUT2D eigenvalue weighted by Gasteiger charge is -2.00. The Morgan fingerprint density at radius 1 is 1.43 bits per heavy atom. The fourth-order valence-corrected chi connectivity index (χ4v) is 1.89. The predicted octanol–water partition coefficient (Wildman–Crippen LogP) is 0.155. The van der Waals surface area contributed by atoms with Crippen LogP contribution in [0.1, 0.15) is 10.5 Å². The maximum atomic E-state index is 11.0. The molecule has 0 unspecified atom stereocenters. The van der Waals surface area contributed by atoms with Gasteiger partial charge in [-0.3, -0.25) is 14.8 Å². The number of fused-ring (bicyclic) bond motifs is 1. The minimum atomic E-state index is -1.49. The molecule has 0 aliphatic heterocycles. The van der Waals surface area contributed by atoms with E-state index in [1.165, 1.54) is 17.2 Å². The SMILES string of the molecule is Cn1ncc2c(-n3cc([N+](=O)[O-])c(C(=O)O)n3)ncnc21. The van der Waals surface area contributed by atoms with Crippen LogP contribution in [0.4, 0.5) is 5.69 Å². The number of hydrogen-bond acceptors (Lipinski definition) is 7. The third kappa shape index (κ3) is 1.87. The number of aryl methyl sites for hydroxylation is 1. The van der Waals surface area contributed by atoms with Gasteiger partial charge in [0.05, 0.1) is 16.5 Å². The third-order valence-electron chi connectivity index (χ3n) is 2.82. The number of carbonyl (C=O) groups is 1. The van der Waals surface area contributed by atoms with Crippen LogP contribution < -0.4 is 0 Å². The predicted molar refractivity (Wildman–Crippen MR) is 67.0 cm³/mol. The lowest BCUT2D eigenvalue weighted by molar-refractivity contribution is -0.385. The van der Waals surface area contributed by atoms with Gasteiger partial charge in [-0.05, 0) is 0 Å². The number of carboxylic acid groups (broad SMARTS) is 1. The van der Waals surface area contributed by atoms with E-state index in [1.807, 2.05) is 0 Å². The third-order valence-corrected chi connectivity index (χ3v) is 2.82. The fraction of sp³-hybridized carbons (Fsp3) is 0.100. The number of rotatable bonds is 3. The Balaban J connectivity index is 2.26. The average Bonchev–Trinajstić information content (AvgIpc) is 3.03. The molecule has 1 N–H and O–H groups in total. The zero-order chi connectivity index (χ0) is 15.1. The number of aromatic carboxylic acids is 1. The van der Waals surface area contributed by atoms with Crippen molar-refractivity contribution in [2.24, 2.45) is 7.05 Å². The molecule has 0 amide bonds. The fourth-order valence-electron chi connectivity index (χ4n) is 1.89. The molecule has 11 heteroatoms. The van der Waals surface area contributed by atoms with Gasteiger partial charge >= 0.3 is 11.7 Å². The summed E-state index contributed by atoms with van der Waals surface area (Å²) in [5.74, 6) is -1.28. The Labute approximate surface area is 115 Å². The normalized spacial score (nSPS) is 10.9. The van der Waals surface area contributed by atoms with Crippen molar-refractivity contribution in [1.29, 1.82) is 0 Å². The van der Waals surface area contributed by atoms with Gasteiger partial charge in [0.2, 0.25) is 5.69 Å². The summed E-state index contributed by atoms with van der Waals surface area (Å²) in [4.78, 5) is 29.1. The highest BCUT2D eigenvalue weighted by atomic mass is 16.6. The summed E-state index contributed by atoms with van der Waals surface area (Å²) in [6.45, 7) is 0. The van der Waals surface area contributed by atoms with Crippen molar-refractivity contribution in [2.45, 2.75) is 0 Å². The summed E-state index contributed by atoms with van der Waals surface area (Å²) in [6, 6.07) is 0. The molecule has 0 saturated heterocycles. The first kappa shape index (κ1) is 12.7. The molecular formula is C10H7N7O4. The molecule has 3 rings (SSSR count). The molecule has 0 aliphatic rings. The Morgan fingerprint density at radius 2 is 2.19 bits per heavy atom. The van der Waals surface area contributed by atoms with E-state index in [0.29, 0.717) is 11.0 Å². The summed E-state index contributed by atoms with van der Waals surface area (Å²) in [5.41, 5.74) is -0.774. The van der Waals surface area contributed by atoms with E-state index in [4.69, 9.17) is 5.11 Å². The van der Waals surface area contributed by atoms with E-state index in [2.05, 4.69) is 20.2 Å². The Kier molecular flexibility index (Phi) is 2.61. The summed E-state index contributed by atoms with van der Waals surface area (Å²) in [7, 11) is 1.67. The van der Waals surface area contributed by atoms with Crippen LogP contribution in [0.2, 0.25) is 0 Å². The van der Waals surface area contributed by atoms with Crippen LogP contribution in [0.15, 0.2) is 18.7 Å². The Bertz CT molecular complexity index is 849. The van der Waals surface area contributed by atoms with Crippen LogP contribution in [0, 0.1) is 10.1 Å². The highest BCUT2D eigenvalue weighted by molar-refractivity contribution is 5.90. The lowest BCUT2D eigenvalue weighted by atomic mass is 10.4. The molecular weight excluding hydrogens is 282 g/mol. The molecule has 0 bridgehead atoms. The van der Waals surface area contributed by atoms with Crippen LogP contribution in [-0.4, -0.2) is 45.5 Å². The van der Waals surface area contributed by atoms with Gasteiger partial charge in [0.15, 0.2) is 11.5 Å². The Morgan fingerprint density at radius 3 is 2.81 bits per heavy atom. The topological polar surface area (TPSA) is 142 Å². The van der Waals surface area contributed by atoms with E-state index >= 15 is 0 Å². The lowest BCUT2D eigenvalue weighted by Crippen LogP contribution is -2.04. The van der Waals surface area contributed by atoms with E-state index in [-0.39, 0.29) is 5.82 Å². The van der Waals surface area contributed by atoms with Crippen molar-refractivity contribution in [3.63, 3.8) is 0 Å². The van der Waals surface area contributed by atoms with E-state index in [9.17, 15) is 14.9 Å². The number of carboxylic acids is 1. The zero-order valence-corrected chi connectivity index (χ0v) is 10.5. The number of aromatic nitrogens is 6. The van der Waals surface area contributed by atoms with E-state index < -0.39 is 22.3 Å². The molecule has 106 valence electrons. The molecule has 0 fully saturated rings. The monoisotopic (exact) mass is 289 g/mol. The van der Waals surface area contributed by atoms with Gasteiger partial charge in [-0.25, -0.2) is 19.4 Å². The van der Waals surface area contributed by atoms with Crippen LogP contribution in [-0.2, 0) is 7.05 Å². The standard InChI is InChI=1S/C10H7N7O4/c1-15-8-5(2-13-15)9(12-4-11-8)16-3-6(17(20)21)7(14-16)10(18)19/h2-4H,1H3,(H,18,19). The summed E-state index contributed by atoms with van der Waals surface area (Å²) in [6.07, 6.45) is 3.71. The van der Waals surface area contributed by atoms with Gasteiger partial charge in [-0.1, -0.05) is 0 Å². The second-order valence-corrected chi connectivity index (χ2v) is 4.07. The van der Waals surface area contributed by atoms with Crippen molar-refractivity contribution >= 4 is 22.7 Å². The number of nitro groups is 1. The largest absolute Gasteiger partial charge is 0.476 e. The first-order chi connectivity index (χ1) is 9.99. The van der Waals surface area contributed by atoms with E-state index in [0.717, 1.165) is 10.9 Å². The Hall–Kier alpha value is -3.37. The first-order valence-electron chi connectivity index (χ1n) is 5.59. The summed E-state index contributed by atoms with van der Waals surface area (Å²) >= 11 is 0. The van der Waals surface area contributed by atoms with Crippen molar-refractivity contribution < 1.29 is 14.8 Å². The molecule has 3 heterocycles. The van der Waals surface area contributed by atoms with Gasteiger partial charge in [0, 0.05) is 7.05 Å². The van der Waals surface area contributed by atoms with Crippen molar-refractivity contribution in [1.82, 2.24) is 29.5 Å². The minimum absolute atomic E-state index is 0.212. The molecule has 0 atom stereocenters. The quantitative estimate of drug-likeness (QED) is 0.530. The first-order valence-corrected chi connectivity index (χ1v) is 5.59. The van der Waals surface area contributed by atoms with Crippen molar-refractivity contribution in [3.05, 3.63) is 34.5 Å². The molecule has 21 heavy (non-hydrogen) atoms. The zero-order valence-electron chi connectivity index (χ0n) is 10.5. The molecule has 0 aliphatic carbocycles. The van der Waals surface area contributed by atoms with Gasteiger partial charge in [0.1, 0.15) is 12.5 Å². The molecule has 0 aromatic carbocycles. The summed E-state index contributed by atoms with van der Waals surface area (Å²) < 4.78 is 2.53. The second kappa shape index (κ2) is 4.33. The smallest absolute Gasteiger partial charge is 0.363 e. The maximum absolute atomic E-state index is 11.0. The molecule has 11 nitrogen and oxygen atoms in total.